The molecule has 3 aromatic heterocycles. The van der Waals surface area contributed by atoms with Gasteiger partial charge in [-0.15, -0.1) is 14.8 Å². The Morgan fingerprint density at radius 3 is 3.00 bits per heavy atom. The van der Waals surface area contributed by atoms with Gasteiger partial charge in [-0.3, -0.25) is 0 Å². The molecule has 0 spiro atoms. The number of hydrogen-bond donors (Lipinski definition) is 1. The van der Waals surface area contributed by atoms with Crippen molar-refractivity contribution in [3.63, 3.8) is 0 Å². The van der Waals surface area contributed by atoms with E-state index in [1.807, 2.05) is 0 Å². The first kappa shape index (κ1) is 14.8. The molecule has 0 aliphatic carbocycles. The minimum Gasteiger partial charge on any atom is -0.368 e. The van der Waals surface area contributed by atoms with Gasteiger partial charge in [0.2, 0.25) is 0 Å². The molecule has 0 bridgehead atoms. The standard InChI is InChI=1S/C13H13F3N8/c14-13(15,16)9-7-23-6-8(1-3-11(23)18-9)5-17-10-2-4-12-19-21-22-24(12)20-10/h2,4,7-8H,1,3,5-6H2,(H,17,20)/t8-/m0/s1. The van der Waals surface area contributed by atoms with Crippen molar-refractivity contribution in [2.24, 2.45) is 5.92 Å². The summed E-state index contributed by atoms with van der Waals surface area (Å²) in [7, 11) is 0. The third-order valence-electron chi connectivity index (χ3n) is 4.02. The molecule has 4 heterocycles. The van der Waals surface area contributed by atoms with Crippen LogP contribution in [0.15, 0.2) is 18.3 Å². The Morgan fingerprint density at radius 2 is 2.17 bits per heavy atom. The van der Waals surface area contributed by atoms with Gasteiger partial charge in [0.1, 0.15) is 11.6 Å². The van der Waals surface area contributed by atoms with Gasteiger partial charge >= 0.3 is 6.18 Å². The fourth-order valence-electron chi connectivity index (χ4n) is 2.81. The summed E-state index contributed by atoms with van der Waals surface area (Å²) < 4.78 is 41.1. The molecular weight excluding hydrogens is 325 g/mol. The predicted octanol–water partition coefficient (Wildman–Crippen LogP) is 1.41. The van der Waals surface area contributed by atoms with Crippen LogP contribution >= 0.6 is 0 Å². The van der Waals surface area contributed by atoms with E-state index >= 15 is 0 Å². The lowest BCUT2D eigenvalue weighted by Gasteiger charge is -2.24. The van der Waals surface area contributed by atoms with E-state index in [1.165, 1.54) is 4.63 Å². The van der Waals surface area contributed by atoms with Gasteiger partial charge < -0.3 is 9.88 Å². The number of alkyl halides is 3. The van der Waals surface area contributed by atoms with Gasteiger partial charge in [0.15, 0.2) is 11.3 Å². The largest absolute Gasteiger partial charge is 0.434 e. The van der Waals surface area contributed by atoms with E-state index in [-0.39, 0.29) is 5.92 Å². The zero-order valence-corrected chi connectivity index (χ0v) is 12.4. The minimum atomic E-state index is -4.40. The van der Waals surface area contributed by atoms with Crippen molar-refractivity contribution in [1.82, 2.24) is 34.8 Å². The van der Waals surface area contributed by atoms with Crippen LogP contribution in [0.1, 0.15) is 17.9 Å². The third-order valence-corrected chi connectivity index (χ3v) is 4.02. The van der Waals surface area contributed by atoms with E-state index in [1.54, 1.807) is 16.7 Å². The second-order valence-corrected chi connectivity index (χ2v) is 5.72. The second-order valence-electron chi connectivity index (χ2n) is 5.72. The predicted molar refractivity (Wildman–Crippen MR) is 76.1 cm³/mol. The number of fused-ring (bicyclic) bond motifs is 2. The van der Waals surface area contributed by atoms with Gasteiger partial charge in [-0.05, 0) is 34.9 Å². The zero-order valence-electron chi connectivity index (χ0n) is 12.4. The SMILES string of the molecule is FC(F)(F)c1cn2c(n1)CC[C@@H](CNc1ccc3nnnn3n1)C2. The van der Waals surface area contributed by atoms with Crippen LogP contribution in [0, 0.1) is 5.92 Å². The van der Waals surface area contributed by atoms with Gasteiger partial charge in [0.25, 0.3) is 0 Å². The number of anilines is 1. The Bertz CT molecular complexity index is 868. The van der Waals surface area contributed by atoms with Crippen LogP contribution < -0.4 is 5.32 Å². The molecule has 0 radical (unpaired) electrons. The number of aryl methyl sites for hydroxylation is 1. The molecular formula is C13H13F3N8. The summed E-state index contributed by atoms with van der Waals surface area (Å²) in [6, 6.07) is 3.50. The summed E-state index contributed by atoms with van der Waals surface area (Å²) in [5.74, 6) is 1.30. The molecule has 1 aliphatic heterocycles. The van der Waals surface area contributed by atoms with Gasteiger partial charge in [-0.25, -0.2) is 4.98 Å². The van der Waals surface area contributed by atoms with Crippen molar-refractivity contribution in [3.8, 4) is 0 Å². The van der Waals surface area contributed by atoms with E-state index in [2.05, 4.69) is 30.9 Å². The lowest BCUT2D eigenvalue weighted by molar-refractivity contribution is -0.141. The maximum absolute atomic E-state index is 12.7. The van der Waals surface area contributed by atoms with Gasteiger partial charge in [0, 0.05) is 25.7 Å². The highest BCUT2D eigenvalue weighted by molar-refractivity contribution is 5.42. The Labute approximate surface area is 133 Å². The molecule has 3 aromatic rings. The van der Waals surface area contributed by atoms with E-state index in [9.17, 15) is 13.2 Å². The van der Waals surface area contributed by atoms with Crippen LogP contribution in [0.3, 0.4) is 0 Å². The first-order valence-corrected chi connectivity index (χ1v) is 7.41. The van der Waals surface area contributed by atoms with E-state index in [0.717, 1.165) is 12.6 Å². The van der Waals surface area contributed by atoms with Crippen molar-refractivity contribution in [2.45, 2.75) is 25.6 Å². The lowest BCUT2D eigenvalue weighted by Crippen LogP contribution is -2.26. The molecule has 11 heteroatoms. The summed E-state index contributed by atoms with van der Waals surface area (Å²) in [4.78, 5) is 3.68. The quantitative estimate of drug-likeness (QED) is 0.777. The van der Waals surface area contributed by atoms with Crippen molar-refractivity contribution in [1.29, 1.82) is 0 Å². The summed E-state index contributed by atoms with van der Waals surface area (Å²) in [5.41, 5.74) is -0.280. The molecule has 0 amide bonds. The van der Waals surface area contributed by atoms with Crippen LogP contribution in [-0.2, 0) is 19.1 Å². The number of rotatable bonds is 3. The van der Waals surface area contributed by atoms with Crippen LogP contribution in [0.4, 0.5) is 19.0 Å². The maximum Gasteiger partial charge on any atom is 0.434 e. The van der Waals surface area contributed by atoms with Crippen molar-refractivity contribution in [2.75, 3.05) is 11.9 Å². The summed E-state index contributed by atoms with van der Waals surface area (Å²) in [6.45, 7) is 1.10. The number of imidazole rings is 1. The number of hydrogen-bond acceptors (Lipinski definition) is 6. The van der Waals surface area contributed by atoms with E-state index in [4.69, 9.17) is 0 Å². The lowest BCUT2D eigenvalue weighted by atomic mass is 9.99. The number of halogens is 3. The molecule has 8 nitrogen and oxygen atoms in total. The first-order valence-electron chi connectivity index (χ1n) is 7.41. The molecule has 0 saturated heterocycles. The van der Waals surface area contributed by atoms with E-state index in [0.29, 0.717) is 36.8 Å². The summed E-state index contributed by atoms with van der Waals surface area (Å²) in [6.07, 6.45) is -2.01. The first-order chi connectivity index (χ1) is 11.5. The van der Waals surface area contributed by atoms with Crippen molar-refractivity contribution >= 4 is 11.5 Å². The van der Waals surface area contributed by atoms with E-state index < -0.39 is 11.9 Å². The zero-order chi connectivity index (χ0) is 16.7. The summed E-state index contributed by atoms with van der Waals surface area (Å²) >= 11 is 0. The smallest absolute Gasteiger partial charge is 0.368 e. The average molecular weight is 338 g/mol. The minimum absolute atomic E-state index is 0.194. The van der Waals surface area contributed by atoms with Crippen molar-refractivity contribution in [3.05, 3.63) is 29.8 Å². The van der Waals surface area contributed by atoms with Gasteiger partial charge in [-0.1, -0.05) is 0 Å². The number of aromatic nitrogens is 7. The summed E-state index contributed by atoms with van der Waals surface area (Å²) in [5, 5.41) is 18.4. The fraction of sp³-hybridized carbons (Fsp3) is 0.462. The van der Waals surface area contributed by atoms with Crippen LogP contribution in [0.5, 0.6) is 0 Å². The third kappa shape index (κ3) is 2.76. The Hall–Kier alpha value is -2.72. The fourth-order valence-corrected chi connectivity index (χ4v) is 2.81. The van der Waals surface area contributed by atoms with Gasteiger partial charge in [-0.2, -0.15) is 13.2 Å². The Balaban J connectivity index is 1.42. The van der Waals surface area contributed by atoms with Crippen molar-refractivity contribution < 1.29 is 13.2 Å². The molecule has 0 aromatic carbocycles. The molecule has 24 heavy (non-hydrogen) atoms. The maximum atomic E-state index is 12.7. The highest BCUT2D eigenvalue weighted by Crippen LogP contribution is 2.30. The van der Waals surface area contributed by atoms with Crippen LogP contribution in [-0.4, -0.2) is 41.4 Å². The molecule has 126 valence electrons. The molecule has 0 saturated carbocycles. The number of nitrogens with one attached hydrogen (secondary N) is 1. The highest BCUT2D eigenvalue weighted by atomic mass is 19.4. The number of nitrogens with zero attached hydrogens (tertiary/aromatic N) is 7. The average Bonchev–Trinajstić information content (AvgIpc) is 3.17. The molecule has 1 aliphatic rings. The topological polar surface area (TPSA) is 85.8 Å². The van der Waals surface area contributed by atoms with Crippen LogP contribution in [0.25, 0.3) is 5.65 Å². The molecule has 1 atom stereocenters. The van der Waals surface area contributed by atoms with Crippen LogP contribution in [0.2, 0.25) is 0 Å². The second kappa shape index (κ2) is 5.42. The molecule has 0 unspecified atom stereocenters. The molecule has 4 rings (SSSR count). The molecule has 0 fully saturated rings. The molecule has 1 N–H and O–H groups in total. The van der Waals surface area contributed by atoms with Gasteiger partial charge in [0.05, 0.1) is 0 Å². The Morgan fingerprint density at radius 1 is 1.29 bits per heavy atom. The Kier molecular flexibility index (Phi) is 3.36. The monoisotopic (exact) mass is 338 g/mol. The normalized spacial score (nSPS) is 17.9. The number of tetrazole rings is 1. The highest BCUT2D eigenvalue weighted by Gasteiger charge is 2.35.